The fourth-order valence-electron chi connectivity index (χ4n) is 1.81. The molecule has 0 spiro atoms. The van der Waals surface area contributed by atoms with Crippen molar-refractivity contribution in [2.75, 3.05) is 12.4 Å². The summed E-state index contributed by atoms with van der Waals surface area (Å²) >= 11 is 0. The van der Waals surface area contributed by atoms with E-state index in [0.717, 1.165) is 16.8 Å². The van der Waals surface area contributed by atoms with Gasteiger partial charge in [-0.15, -0.1) is 0 Å². The molecule has 0 aliphatic carbocycles. The maximum Gasteiger partial charge on any atom is 0.357 e. The summed E-state index contributed by atoms with van der Waals surface area (Å²) in [6.07, 6.45) is 0. The van der Waals surface area contributed by atoms with Gasteiger partial charge in [-0.3, -0.25) is 19.6 Å². The average molecular weight is 277 g/mol. The molecule has 1 heterocycles. The molecule has 20 heavy (non-hydrogen) atoms. The van der Waals surface area contributed by atoms with E-state index in [1.165, 1.54) is 12.1 Å². The van der Waals surface area contributed by atoms with Crippen molar-refractivity contribution in [2.45, 2.75) is 6.92 Å². The quantitative estimate of drug-likeness (QED) is 0.383. The van der Waals surface area contributed by atoms with Crippen molar-refractivity contribution in [3.63, 3.8) is 0 Å². The zero-order chi connectivity index (χ0) is 14.9. The van der Waals surface area contributed by atoms with Gasteiger partial charge >= 0.3 is 5.97 Å². The van der Waals surface area contributed by atoms with Crippen molar-refractivity contribution in [2.24, 2.45) is 0 Å². The van der Waals surface area contributed by atoms with E-state index in [1.54, 1.807) is 6.92 Å². The first kappa shape index (κ1) is 13.5. The first-order chi connectivity index (χ1) is 9.45. The summed E-state index contributed by atoms with van der Waals surface area (Å²) in [6, 6.07) is 4.65. The molecule has 0 radical (unpaired) electrons. The molecule has 8 heteroatoms. The average Bonchev–Trinajstić information content (AvgIpc) is 2.42. The van der Waals surface area contributed by atoms with Gasteiger partial charge in [0.15, 0.2) is 11.1 Å². The number of benzene rings is 1. The molecular formula is C12H11N3O5. The Kier molecular flexibility index (Phi) is 3.38. The summed E-state index contributed by atoms with van der Waals surface area (Å²) in [4.78, 5) is 33.7. The van der Waals surface area contributed by atoms with E-state index in [-0.39, 0.29) is 28.9 Å². The fraction of sp³-hybridized carbons (Fsp3) is 0.167. The van der Waals surface area contributed by atoms with Gasteiger partial charge in [-0.25, -0.2) is 4.79 Å². The third kappa shape index (κ3) is 2.18. The number of nitrogens with two attached hydrogens (primary N) is 1. The zero-order valence-corrected chi connectivity index (χ0v) is 10.5. The molecule has 2 rings (SSSR count). The standard InChI is InChI=1S/C12H11N3O5/c1-2-20-12(17)10-6-11(16)8-5-7(15(18)19)3-4-9(8)14(10)13/h3-6H,2,13H2,1H3. The van der Waals surface area contributed by atoms with Gasteiger partial charge in [0.25, 0.3) is 5.69 Å². The maximum absolute atomic E-state index is 11.9. The molecule has 0 fully saturated rings. The second-order valence-electron chi connectivity index (χ2n) is 3.94. The number of esters is 1. The van der Waals surface area contributed by atoms with Gasteiger partial charge in [-0.05, 0) is 13.0 Å². The minimum atomic E-state index is -0.729. The normalized spacial score (nSPS) is 10.4. The van der Waals surface area contributed by atoms with E-state index in [0.29, 0.717) is 0 Å². The summed E-state index contributed by atoms with van der Waals surface area (Å²) in [5, 5.41) is 10.8. The van der Waals surface area contributed by atoms with Gasteiger partial charge in [-0.2, -0.15) is 0 Å². The van der Waals surface area contributed by atoms with Crippen LogP contribution in [0.5, 0.6) is 0 Å². The molecule has 0 bridgehead atoms. The molecule has 1 aromatic heterocycles. The van der Waals surface area contributed by atoms with Crippen molar-refractivity contribution < 1.29 is 14.5 Å². The van der Waals surface area contributed by atoms with Crippen LogP contribution in [0.2, 0.25) is 0 Å². The Hall–Kier alpha value is -2.90. The lowest BCUT2D eigenvalue weighted by atomic mass is 10.1. The smallest absolute Gasteiger partial charge is 0.357 e. The first-order valence-corrected chi connectivity index (χ1v) is 5.72. The van der Waals surface area contributed by atoms with Gasteiger partial charge in [0.2, 0.25) is 0 Å². The number of carbonyl (C=O) groups is 1. The van der Waals surface area contributed by atoms with Crippen LogP contribution in [0, 0.1) is 10.1 Å². The number of carbonyl (C=O) groups excluding carboxylic acids is 1. The Balaban J connectivity index is 2.72. The topological polar surface area (TPSA) is 117 Å². The number of hydrogen-bond donors (Lipinski definition) is 1. The molecule has 0 aliphatic heterocycles. The number of nitro benzene ring substituents is 1. The third-order valence-corrected chi connectivity index (χ3v) is 2.73. The number of fused-ring (bicyclic) bond motifs is 1. The van der Waals surface area contributed by atoms with Crippen LogP contribution in [0.1, 0.15) is 17.4 Å². The molecule has 0 saturated heterocycles. The number of aromatic nitrogens is 1. The highest BCUT2D eigenvalue weighted by Gasteiger charge is 2.17. The van der Waals surface area contributed by atoms with Crippen molar-refractivity contribution in [1.82, 2.24) is 4.68 Å². The number of nitrogen functional groups attached to an aromatic ring is 1. The lowest BCUT2D eigenvalue weighted by molar-refractivity contribution is -0.384. The molecule has 2 aromatic rings. The molecule has 8 nitrogen and oxygen atoms in total. The van der Waals surface area contributed by atoms with Crippen molar-refractivity contribution in [3.05, 3.63) is 50.3 Å². The summed E-state index contributed by atoms with van der Waals surface area (Å²) < 4.78 is 5.77. The van der Waals surface area contributed by atoms with Crippen molar-refractivity contribution >= 4 is 22.6 Å². The Morgan fingerprint density at radius 2 is 2.15 bits per heavy atom. The summed E-state index contributed by atoms with van der Waals surface area (Å²) in [7, 11) is 0. The lowest BCUT2D eigenvalue weighted by Gasteiger charge is -2.10. The van der Waals surface area contributed by atoms with Gasteiger partial charge in [0.1, 0.15) is 0 Å². The van der Waals surface area contributed by atoms with E-state index in [1.807, 2.05) is 0 Å². The molecule has 0 unspecified atom stereocenters. The Bertz CT molecular complexity index is 766. The predicted octanol–water partition coefficient (Wildman–Crippen LogP) is 0.800. The number of nitro groups is 1. The number of rotatable bonds is 3. The summed E-state index contributed by atoms with van der Waals surface area (Å²) in [5.74, 6) is 5.02. The second-order valence-corrected chi connectivity index (χ2v) is 3.94. The van der Waals surface area contributed by atoms with E-state index < -0.39 is 16.3 Å². The Labute approximate surface area is 112 Å². The molecule has 2 N–H and O–H groups in total. The Morgan fingerprint density at radius 3 is 2.75 bits per heavy atom. The largest absolute Gasteiger partial charge is 0.461 e. The van der Waals surface area contributed by atoms with Crippen LogP contribution in [0.3, 0.4) is 0 Å². The first-order valence-electron chi connectivity index (χ1n) is 5.72. The molecule has 0 amide bonds. The minimum Gasteiger partial charge on any atom is -0.461 e. The van der Waals surface area contributed by atoms with Crippen molar-refractivity contribution in [1.29, 1.82) is 0 Å². The van der Waals surface area contributed by atoms with E-state index in [9.17, 15) is 19.7 Å². The van der Waals surface area contributed by atoms with Crippen LogP contribution in [-0.4, -0.2) is 22.2 Å². The highest BCUT2D eigenvalue weighted by molar-refractivity contribution is 5.92. The van der Waals surface area contributed by atoms with Crippen LogP contribution in [-0.2, 0) is 4.74 Å². The van der Waals surface area contributed by atoms with Crippen molar-refractivity contribution in [3.8, 4) is 0 Å². The van der Waals surface area contributed by atoms with Crippen LogP contribution in [0.4, 0.5) is 5.69 Å². The Morgan fingerprint density at radius 1 is 1.45 bits per heavy atom. The van der Waals surface area contributed by atoms with E-state index in [2.05, 4.69) is 0 Å². The second kappa shape index (κ2) is 5.00. The maximum atomic E-state index is 11.9. The number of pyridine rings is 1. The molecule has 104 valence electrons. The number of nitrogens with zero attached hydrogens (tertiary/aromatic N) is 2. The SMILES string of the molecule is CCOC(=O)c1cc(=O)c2cc([N+](=O)[O-])ccc2n1N. The van der Waals surface area contributed by atoms with Crippen LogP contribution >= 0.6 is 0 Å². The number of hydrogen-bond acceptors (Lipinski definition) is 6. The van der Waals surface area contributed by atoms with Crippen LogP contribution in [0.15, 0.2) is 29.1 Å². The molecule has 0 saturated carbocycles. The van der Waals surface area contributed by atoms with Crippen LogP contribution in [0.25, 0.3) is 10.9 Å². The monoisotopic (exact) mass is 277 g/mol. The highest BCUT2D eigenvalue weighted by Crippen LogP contribution is 2.18. The summed E-state index contributed by atoms with van der Waals surface area (Å²) in [5.41, 5.74) is -0.656. The zero-order valence-electron chi connectivity index (χ0n) is 10.5. The minimum absolute atomic E-state index is 0.0646. The van der Waals surface area contributed by atoms with E-state index >= 15 is 0 Å². The predicted molar refractivity (Wildman–Crippen MR) is 71.0 cm³/mol. The number of ether oxygens (including phenoxy) is 1. The van der Waals surface area contributed by atoms with E-state index in [4.69, 9.17) is 10.6 Å². The van der Waals surface area contributed by atoms with Gasteiger partial charge in [0, 0.05) is 18.2 Å². The van der Waals surface area contributed by atoms with Gasteiger partial charge in [0.05, 0.1) is 22.4 Å². The third-order valence-electron chi connectivity index (χ3n) is 2.73. The molecule has 0 aliphatic rings. The molecule has 0 atom stereocenters. The fourth-order valence-corrected chi connectivity index (χ4v) is 1.81. The molecular weight excluding hydrogens is 266 g/mol. The lowest BCUT2D eigenvalue weighted by Crippen LogP contribution is -2.24. The van der Waals surface area contributed by atoms with Gasteiger partial charge < -0.3 is 10.6 Å². The highest BCUT2D eigenvalue weighted by atomic mass is 16.6. The van der Waals surface area contributed by atoms with Gasteiger partial charge in [-0.1, -0.05) is 0 Å². The molecule has 1 aromatic carbocycles. The summed E-state index contributed by atoms with van der Waals surface area (Å²) in [6.45, 7) is 1.77. The van der Waals surface area contributed by atoms with Crippen LogP contribution < -0.4 is 11.3 Å². The number of non-ortho nitro benzene ring substituents is 1.